The van der Waals surface area contributed by atoms with Crippen LogP contribution in [0, 0.1) is 18.2 Å². The van der Waals surface area contributed by atoms with Crippen LogP contribution in [-0.2, 0) is 0 Å². The summed E-state index contributed by atoms with van der Waals surface area (Å²) in [6.07, 6.45) is -0.865. The van der Waals surface area contributed by atoms with Crippen molar-refractivity contribution in [2.75, 3.05) is 0 Å². The minimum atomic E-state index is -0.865. The van der Waals surface area contributed by atoms with Crippen molar-refractivity contribution in [3.8, 4) is 0 Å². The zero-order valence-electron chi connectivity index (χ0n) is 10.6. The predicted octanol–water partition coefficient (Wildman–Crippen LogP) is 3.19. The highest BCUT2D eigenvalue weighted by Gasteiger charge is 2.32. The van der Waals surface area contributed by atoms with E-state index in [-0.39, 0.29) is 10.6 Å². The van der Waals surface area contributed by atoms with Gasteiger partial charge in [-0.1, -0.05) is 38.4 Å². The lowest BCUT2D eigenvalue weighted by Crippen LogP contribution is -2.37. The van der Waals surface area contributed by atoms with Crippen LogP contribution in [0.2, 0.25) is 5.02 Å². The van der Waals surface area contributed by atoms with Crippen molar-refractivity contribution < 1.29 is 9.50 Å². The van der Waals surface area contributed by atoms with Crippen molar-refractivity contribution in [3.63, 3.8) is 0 Å². The van der Waals surface area contributed by atoms with Crippen LogP contribution >= 0.6 is 11.6 Å². The van der Waals surface area contributed by atoms with Crippen LogP contribution in [0.3, 0.4) is 0 Å². The molecule has 0 aromatic heterocycles. The molecule has 0 fully saturated rings. The minimum absolute atomic E-state index is 0.189. The Morgan fingerprint density at radius 3 is 2.35 bits per heavy atom. The summed E-state index contributed by atoms with van der Waals surface area (Å²) in [4.78, 5) is 0. The van der Waals surface area contributed by atoms with Gasteiger partial charge >= 0.3 is 0 Å². The average Bonchev–Trinajstić information content (AvgIpc) is 2.21. The highest BCUT2D eigenvalue weighted by molar-refractivity contribution is 6.31. The maximum Gasteiger partial charge on any atom is 0.132 e. The van der Waals surface area contributed by atoms with Gasteiger partial charge in [-0.2, -0.15) is 0 Å². The van der Waals surface area contributed by atoms with Crippen molar-refractivity contribution >= 4 is 11.6 Å². The lowest BCUT2D eigenvalue weighted by molar-refractivity contribution is 0.0391. The molecule has 0 radical (unpaired) electrons. The topological polar surface area (TPSA) is 46.2 Å². The Hall–Kier alpha value is -0.640. The lowest BCUT2D eigenvalue weighted by Gasteiger charge is -2.31. The quantitative estimate of drug-likeness (QED) is 0.857. The monoisotopic (exact) mass is 259 g/mol. The first-order chi connectivity index (χ1) is 7.66. The van der Waals surface area contributed by atoms with Gasteiger partial charge in [-0.05, 0) is 24.0 Å². The summed E-state index contributed by atoms with van der Waals surface area (Å²) in [5.41, 5.74) is 6.15. The molecule has 4 heteroatoms. The van der Waals surface area contributed by atoms with Gasteiger partial charge in [0, 0.05) is 10.6 Å². The number of halogens is 2. The molecule has 2 nitrogen and oxygen atoms in total. The van der Waals surface area contributed by atoms with Crippen LogP contribution in [0.15, 0.2) is 12.1 Å². The Morgan fingerprint density at radius 1 is 1.35 bits per heavy atom. The third-order valence-electron chi connectivity index (χ3n) is 2.88. The van der Waals surface area contributed by atoms with E-state index >= 15 is 0 Å². The molecular formula is C13H19ClFNO. The fourth-order valence-electron chi connectivity index (χ4n) is 1.68. The van der Waals surface area contributed by atoms with Gasteiger partial charge in [-0.3, -0.25) is 0 Å². The number of benzene rings is 1. The van der Waals surface area contributed by atoms with E-state index < -0.39 is 23.4 Å². The van der Waals surface area contributed by atoms with Crippen LogP contribution in [0.4, 0.5) is 4.39 Å². The molecule has 0 heterocycles. The highest BCUT2D eigenvalue weighted by Crippen LogP contribution is 2.34. The maximum absolute atomic E-state index is 14.0. The summed E-state index contributed by atoms with van der Waals surface area (Å²) in [6.45, 7) is 7.18. The summed E-state index contributed by atoms with van der Waals surface area (Å²) < 4.78 is 14.0. The standard InChI is InChI=1S/C13H19ClFNO/c1-7-5-6-8(14)9(10(7)15)11(16)12(17)13(2,3)4/h5-6,11-12,17H,16H2,1-4H3/t11-,12-/m0/s1. The zero-order chi connectivity index (χ0) is 13.4. The molecule has 1 rings (SSSR count). The summed E-state index contributed by atoms with van der Waals surface area (Å²) in [5.74, 6) is -0.437. The molecule has 0 bridgehead atoms. The molecule has 3 N–H and O–H groups in total. The normalized spacial score (nSPS) is 15.8. The summed E-state index contributed by atoms with van der Waals surface area (Å²) in [7, 11) is 0. The minimum Gasteiger partial charge on any atom is -0.391 e. The number of hydrogen-bond donors (Lipinski definition) is 2. The molecule has 0 amide bonds. The molecule has 2 atom stereocenters. The lowest BCUT2D eigenvalue weighted by atomic mass is 9.82. The molecular weight excluding hydrogens is 241 g/mol. The molecule has 0 aliphatic rings. The van der Waals surface area contributed by atoms with Crippen LogP contribution in [0.5, 0.6) is 0 Å². The molecule has 17 heavy (non-hydrogen) atoms. The number of rotatable bonds is 2. The van der Waals surface area contributed by atoms with Gasteiger partial charge in [0.2, 0.25) is 0 Å². The Morgan fingerprint density at radius 2 is 1.88 bits per heavy atom. The first-order valence-corrected chi connectivity index (χ1v) is 5.92. The molecule has 1 aromatic rings. The van der Waals surface area contributed by atoms with Gasteiger partial charge in [0.15, 0.2) is 0 Å². The number of aliphatic hydroxyl groups is 1. The summed E-state index contributed by atoms with van der Waals surface area (Å²) >= 11 is 5.96. The molecule has 1 aromatic carbocycles. The Balaban J connectivity index is 3.21. The van der Waals surface area contributed by atoms with Gasteiger partial charge < -0.3 is 10.8 Å². The van der Waals surface area contributed by atoms with Gasteiger partial charge in [0.05, 0.1) is 12.1 Å². The van der Waals surface area contributed by atoms with E-state index in [2.05, 4.69) is 0 Å². The predicted molar refractivity (Wildman–Crippen MR) is 68.5 cm³/mol. The Kier molecular flexibility index (Phi) is 4.18. The van der Waals surface area contributed by atoms with E-state index in [0.717, 1.165) is 0 Å². The zero-order valence-corrected chi connectivity index (χ0v) is 11.3. The van der Waals surface area contributed by atoms with Crippen molar-refractivity contribution in [1.29, 1.82) is 0 Å². The van der Waals surface area contributed by atoms with E-state index in [1.165, 1.54) is 0 Å². The molecule has 0 saturated heterocycles. The Bertz CT molecular complexity index is 415. The third-order valence-corrected chi connectivity index (χ3v) is 3.21. The van der Waals surface area contributed by atoms with Gasteiger partial charge in [-0.15, -0.1) is 0 Å². The van der Waals surface area contributed by atoms with E-state index in [0.29, 0.717) is 5.56 Å². The maximum atomic E-state index is 14.0. The van der Waals surface area contributed by atoms with Crippen LogP contribution in [0.1, 0.15) is 37.9 Å². The Labute approximate surface area is 107 Å². The van der Waals surface area contributed by atoms with E-state index in [1.807, 2.05) is 20.8 Å². The van der Waals surface area contributed by atoms with Gasteiger partial charge in [0.25, 0.3) is 0 Å². The van der Waals surface area contributed by atoms with Crippen molar-refractivity contribution in [1.82, 2.24) is 0 Å². The number of nitrogens with two attached hydrogens (primary N) is 1. The van der Waals surface area contributed by atoms with Crippen LogP contribution in [-0.4, -0.2) is 11.2 Å². The van der Waals surface area contributed by atoms with Crippen molar-refractivity contribution in [3.05, 3.63) is 34.1 Å². The van der Waals surface area contributed by atoms with Gasteiger partial charge in [-0.25, -0.2) is 4.39 Å². The molecule has 0 aliphatic carbocycles. The fourth-order valence-corrected chi connectivity index (χ4v) is 1.95. The van der Waals surface area contributed by atoms with E-state index in [1.54, 1.807) is 19.1 Å². The summed E-state index contributed by atoms with van der Waals surface area (Å²) in [5, 5.41) is 10.4. The van der Waals surface area contributed by atoms with Crippen molar-refractivity contribution in [2.45, 2.75) is 39.8 Å². The fraction of sp³-hybridized carbons (Fsp3) is 0.538. The van der Waals surface area contributed by atoms with E-state index in [9.17, 15) is 9.50 Å². The molecule has 0 spiro atoms. The second kappa shape index (κ2) is 4.92. The first kappa shape index (κ1) is 14.4. The first-order valence-electron chi connectivity index (χ1n) is 5.54. The van der Waals surface area contributed by atoms with Gasteiger partial charge in [0.1, 0.15) is 5.82 Å². The summed E-state index contributed by atoms with van der Waals surface area (Å²) in [6, 6.07) is 2.37. The van der Waals surface area contributed by atoms with E-state index in [4.69, 9.17) is 17.3 Å². The molecule has 0 aliphatic heterocycles. The third kappa shape index (κ3) is 2.97. The molecule has 96 valence electrons. The molecule has 0 unspecified atom stereocenters. The molecule has 0 saturated carbocycles. The highest BCUT2D eigenvalue weighted by atomic mass is 35.5. The number of aryl methyl sites for hydroxylation is 1. The smallest absolute Gasteiger partial charge is 0.132 e. The van der Waals surface area contributed by atoms with Crippen LogP contribution < -0.4 is 5.73 Å². The van der Waals surface area contributed by atoms with Crippen molar-refractivity contribution in [2.24, 2.45) is 11.1 Å². The average molecular weight is 260 g/mol. The second-order valence-electron chi connectivity index (χ2n) is 5.43. The van der Waals surface area contributed by atoms with Crippen LogP contribution in [0.25, 0.3) is 0 Å². The largest absolute Gasteiger partial charge is 0.391 e. The second-order valence-corrected chi connectivity index (χ2v) is 5.84. The number of hydrogen-bond acceptors (Lipinski definition) is 2. The number of aliphatic hydroxyl groups excluding tert-OH is 1. The SMILES string of the molecule is Cc1ccc(Cl)c([C@H](N)[C@H](O)C(C)(C)C)c1F.